The van der Waals surface area contributed by atoms with Crippen LogP contribution in [0.1, 0.15) is 27.8 Å². The van der Waals surface area contributed by atoms with Crippen molar-refractivity contribution in [3.05, 3.63) is 90.0 Å². The van der Waals surface area contributed by atoms with E-state index in [1.807, 2.05) is 37.3 Å². The monoisotopic (exact) mass is 363 g/mol. The molecule has 5 nitrogen and oxygen atoms in total. The minimum absolute atomic E-state index is 0.160. The van der Waals surface area contributed by atoms with Gasteiger partial charge in [-0.1, -0.05) is 24.3 Å². The summed E-state index contributed by atoms with van der Waals surface area (Å²) in [6.45, 7) is 2.33. The summed E-state index contributed by atoms with van der Waals surface area (Å²) >= 11 is 0. The van der Waals surface area contributed by atoms with Crippen LogP contribution >= 0.6 is 0 Å². The van der Waals surface area contributed by atoms with Crippen molar-refractivity contribution in [3.63, 3.8) is 0 Å². The minimum Gasteiger partial charge on any atom is -0.322 e. The number of benzene rings is 2. The molecule has 3 aromatic rings. The topological polar surface area (TPSA) is 62.3 Å². The second-order valence-corrected chi connectivity index (χ2v) is 5.78. The smallest absolute Gasteiger partial charge is 0.276 e. The van der Waals surface area contributed by atoms with Crippen molar-refractivity contribution in [1.29, 1.82) is 0 Å². The SMILES string of the molecule is CCN(C(=O)c1cc(C(=O)Nc2cccc(F)c2)ccn1)c1ccccc1. The molecule has 0 saturated carbocycles. The molecule has 0 spiro atoms. The van der Waals surface area contributed by atoms with E-state index in [0.29, 0.717) is 12.2 Å². The molecule has 3 rings (SSSR count). The average molecular weight is 363 g/mol. The van der Waals surface area contributed by atoms with Crippen molar-refractivity contribution in [2.75, 3.05) is 16.8 Å². The summed E-state index contributed by atoms with van der Waals surface area (Å²) in [5, 5.41) is 2.61. The quantitative estimate of drug-likeness (QED) is 0.741. The predicted molar refractivity (Wildman–Crippen MR) is 102 cm³/mol. The number of hydrogen-bond donors (Lipinski definition) is 1. The normalized spacial score (nSPS) is 10.3. The maximum absolute atomic E-state index is 13.3. The molecule has 2 amide bonds. The van der Waals surface area contributed by atoms with E-state index in [0.717, 1.165) is 5.69 Å². The first-order valence-electron chi connectivity index (χ1n) is 8.48. The molecule has 1 N–H and O–H groups in total. The maximum Gasteiger partial charge on any atom is 0.276 e. The largest absolute Gasteiger partial charge is 0.322 e. The van der Waals surface area contributed by atoms with Crippen molar-refractivity contribution < 1.29 is 14.0 Å². The minimum atomic E-state index is -0.445. The lowest BCUT2D eigenvalue weighted by Gasteiger charge is -2.20. The summed E-state index contributed by atoms with van der Waals surface area (Å²) in [4.78, 5) is 30.9. The second-order valence-electron chi connectivity index (χ2n) is 5.78. The summed E-state index contributed by atoms with van der Waals surface area (Å²) < 4.78 is 13.3. The van der Waals surface area contributed by atoms with Gasteiger partial charge in [0.2, 0.25) is 0 Å². The number of nitrogens with zero attached hydrogens (tertiary/aromatic N) is 2. The van der Waals surface area contributed by atoms with Crippen LogP contribution < -0.4 is 10.2 Å². The Hall–Kier alpha value is -3.54. The summed E-state index contributed by atoms with van der Waals surface area (Å²) in [7, 11) is 0. The molecule has 136 valence electrons. The molecule has 0 saturated heterocycles. The zero-order valence-corrected chi connectivity index (χ0v) is 14.7. The zero-order valence-electron chi connectivity index (χ0n) is 14.7. The van der Waals surface area contributed by atoms with E-state index >= 15 is 0 Å². The molecule has 1 heterocycles. The van der Waals surface area contributed by atoms with Crippen LogP contribution in [0, 0.1) is 5.82 Å². The number of hydrogen-bond acceptors (Lipinski definition) is 3. The summed E-state index contributed by atoms with van der Waals surface area (Å²) in [5.74, 6) is -1.19. The molecule has 0 aliphatic carbocycles. The predicted octanol–water partition coefficient (Wildman–Crippen LogP) is 4.14. The van der Waals surface area contributed by atoms with E-state index in [4.69, 9.17) is 0 Å². The molecule has 1 aromatic heterocycles. The third-order valence-corrected chi connectivity index (χ3v) is 3.95. The van der Waals surface area contributed by atoms with E-state index in [1.165, 1.54) is 36.5 Å². The number of carbonyl (C=O) groups is 2. The highest BCUT2D eigenvalue weighted by atomic mass is 19.1. The third-order valence-electron chi connectivity index (χ3n) is 3.95. The molecule has 0 aliphatic heterocycles. The number of aromatic nitrogens is 1. The van der Waals surface area contributed by atoms with Gasteiger partial charge in [-0.05, 0) is 49.4 Å². The fraction of sp³-hybridized carbons (Fsp3) is 0.0952. The highest BCUT2D eigenvalue weighted by Crippen LogP contribution is 2.17. The van der Waals surface area contributed by atoms with Crippen LogP contribution in [0.15, 0.2) is 72.9 Å². The molecule has 6 heteroatoms. The zero-order chi connectivity index (χ0) is 19.2. The summed E-state index contributed by atoms with van der Waals surface area (Å²) in [6.07, 6.45) is 1.41. The summed E-state index contributed by atoms with van der Waals surface area (Å²) in [6, 6.07) is 17.8. The van der Waals surface area contributed by atoms with Gasteiger partial charge in [-0.2, -0.15) is 0 Å². The van der Waals surface area contributed by atoms with Gasteiger partial charge in [-0.15, -0.1) is 0 Å². The van der Waals surface area contributed by atoms with Crippen LogP contribution in [0.25, 0.3) is 0 Å². The van der Waals surface area contributed by atoms with Crippen molar-refractivity contribution >= 4 is 23.2 Å². The molecule has 2 aromatic carbocycles. The first-order chi connectivity index (χ1) is 13.1. The Labute approximate surface area is 156 Å². The molecule has 0 unspecified atom stereocenters. The van der Waals surface area contributed by atoms with Gasteiger partial charge < -0.3 is 10.2 Å². The third kappa shape index (κ3) is 4.36. The fourth-order valence-electron chi connectivity index (χ4n) is 2.65. The Balaban J connectivity index is 1.82. The molecule has 0 aliphatic rings. The van der Waals surface area contributed by atoms with Crippen molar-refractivity contribution in [2.45, 2.75) is 6.92 Å². The number of carbonyl (C=O) groups excluding carboxylic acids is 2. The summed E-state index contributed by atoms with van der Waals surface area (Å²) in [5.41, 5.74) is 1.51. The van der Waals surface area contributed by atoms with Crippen LogP contribution in [0.5, 0.6) is 0 Å². The number of rotatable bonds is 5. The fourth-order valence-corrected chi connectivity index (χ4v) is 2.65. The highest BCUT2D eigenvalue weighted by Gasteiger charge is 2.19. The van der Waals surface area contributed by atoms with E-state index < -0.39 is 11.7 Å². The number of para-hydroxylation sites is 1. The molecule has 27 heavy (non-hydrogen) atoms. The van der Waals surface area contributed by atoms with Gasteiger partial charge in [0.25, 0.3) is 11.8 Å². The lowest BCUT2D eigenvalue weighted by Crippen LogP contribution is -2.31. The standard InChI is InChI=1S/C21H18FN3O2/c1-2-25(18-9-4-3-5-10-18)21(27)19-13-15(11-12-23-19)20(26)24-17-8-6-7-16(22)14-17/h3-14H,2H2,1H3,(H,24,26). The maximum atomic E-state index is 13.3. The number of halogens is 1. The van der Waals surface area contributed by atoms with E-state index in [2.05, 4.69) is 10.3 Å². The van der Waals surface area contributed by atoms with E-state index in [-0.39, 0.29) is 17.2 Å². The number of pyridine rings is 1. The van der Waals surface area contributed by atoms with Gasteiger partial charge in [-0.25, -0.2) is 4.39 Å². The first-order valence-corrected chi connectivity index (χ1v) is 8.48. The van der Waals surface area contributed by atoms with Crippen LogP contribution in [0.4, 0.5) is 15.8 Å². The van der Waals surface area contributed by atoms with Gasteiger partial charge in [0.1, 0.15) is 11.5 Å². The number of anilines is 2. The van der Waals surface area contributed by atoms with E-state index in [1.54, 1.807) is 11.0 Å². The Morgan fingerprint density at radius 1 is 1.04 bits per heavy atom. The Kier molecular flexibility index (Phi) is 5.56. The number of nitrogens with one attached hydrogen (secondary N) is 1. The lowest BCUT2D eigenvalue weighted by molar-refractivity contribution is 0.0983. The van der Waals surface area contributed by atoms with Crippen LogP contribution in [0.2, 0.25) is 0 Å². The molecule has 0 fully saturated rings. The van der Waals surface area contributed by atoms with Crippen LogP contribution in [0.3, 0.4) is 0 Å². The van der Waals surface area contributed by atoms with Gasteiger partial charge >= 0.3 is 0 Å². The molecule has 0 atom stereocenters. The van der Waals surface area contributed by atoms with Gasteiger partial charge in [0.05, 0.1) is 0 Å². The van der Waals surface area contributed by atoms with Gasteiger partial charge in [-0.3, -0.25) is 14.6 Å². The second kappa shape index (κ2) is 8.23. The van der Waals surface area contributed by atoms with E-state index in [9.17, 15) is 14.0 Å². The highest BCUT2D eigenvalue weighted by molar-refractivity contribution is 6.08. The Morgan fingerprint density at radius 2 is 1.81 bits per heavy atom. The molecular formula is C21H18FN3O2. The first kappa shape index (κ1) is 18.3. The van der Waals surface area contributed by atoms with Crippen molar-refractivity contribution in [1.82, 2.24) is 4.98 Å². The number of amides is 2. The lowest BCUT2D eigenvalue weighted by atomic mass is 10.2. The average Bonchev–Trinajstić information content (AvgIpc) is 2.69. The van der Waals surface area contributed by atoms with Gasteiger partial charge in [0, 0.05) is 29.7 Å². The molecular weight excluding hydrogens is 345 g/mol. The van der Waals surface area contributed by atoms with Crippen molar-refractivity contribution in [3.8, 4) is 0 Å². The van der Waals surface area contributed by atoms with Crippen LogP contribution in [-0.4, -0.2) is 23.3 Å². The van der Waals surface area contributed by atoms with Gasteiger partial charge in [0.15, 0.2) is 0 Å². The Bertz CT molecular complexity index is 960. The molecule has 0 radical (unpaired) electrons. The molecule has 0 bridgehead atoms. The van der Waals surface area contributed by atoms with Crippen LogP contribution in [-0.2, 0) is 0 Å². The van der Waals surface area contributed by atoms with Crippen molar-refractivity contribution in [2.24, 2.45) is 0 Å². The Morgan fingerprint density at radius 3 is 2.52 bits per heavy atom.